The average Bonchev–Trinajstić information content (AvgIpc) is 2.57. The minimum Gasteiger partial charge on any atom is -0.316 e. The Morgan fingerprint density at radius 2 is 1.50 bits per heavy atom. The van der Waals surface area contributed by atoms with Crippen molar-refractivity contribution in [1.82, 2.24) is 14.7 Å². The first-order chi connectivity index (χ1) is 12.3. The molecule has 0 fully saturated rings. The van der Waals surface area contributed by atoms with E-state index in [-0.39, 0.29) is 17.0 Å². The molecule has 2 aromatic carbocycles. The lowest BCUT2D eigenvalue weighted by Crippen LogP contribution is -2.30. The molecule has 136 valence electrons. The number of aryl methyl sites for hydroxylation is 2. The molecule has 1 heterocycles. The van der Waals surface area contributed by atoms with E-state index in [1.807, 2.05) is 31.2 Å². The molecule has 3 N–H and O–H groups in total. The van der Waals surface area contributed by atoms with Gasteiger partial charge in [0, 0.05) is 6.54 Å². The lowest BCUT2D eigenvalue weighted by atomic mass is 10.1. The van der Waals surface area contributed by atoms with Gasteiger partial charge in [-0.3, -0.25) is 9.59 Å². The molecule has 7 nitrogen and oxygen atoms in total. The van der Waals surface area contributed by atoms with Crippen LogP contribution in [0.4, 0.5) is 0 Å². The molecule has 3 rings (SSSR count). The summed E-state index contributed by atoms with van der Waals surface area (Å²) in [6, 6.07) is 10.8. The Morgan fingerprint density at radius 3 is 2.12 bits per heavy atom. The van der Waals surface area contributed by atoms with Crippen molar-refractivity contribution in [3.05, 3.63) is 73.8 Å². The number of fused-ring (bicyclic) bond motifs is 1. The predicted octanol–water partition coefficient (Wildman–Crippen LogP) is 1.35. The van der Waals surface area contributed by atoms with Crippen molar-refractivity contribution in [1.29, 1.82) is 0 Å². The van der Waals surface area contributed by atoms with Crippen LogP contribution < -0.4 is 15.8 Å². The maximum atomic E-state index is 12.6. The third kappa shape index (κ3) is 3.76. The minimum absolute atomic E-state index is 0.0663. The summed E-state index contributed by atoms with van der Waals surface area (Å²) < 4.78 is 27.8. The molecule has 0 aliphatic carbocycles. The Kier molecular flexibility index (Phi) is 4.80. The molecular formula is C18H19N3O4S. The topological polar surface area (TPSA) is 112 Å². The molecule has 0 radical (unpaired) electrons. The highest BCUT2D eigenvalue weighted by Crippen LogP contribution is 2.19. The van der Waals surface area contributed by atoms with Crippen LogP contribution in [0.1, 0.15) is 16.7 Å². The summed E-state index contributed by atoms with van der Waals surface area (Å²) in [6.45, 7) is 3.88. The maximum absolute atomic E-state index is 12.6. The summed E-state index contributed by atoms with van der Waals surface area (Å²) in [5.74, 6) is 0. The normalized spacial score (nSPS) is 11.8. The van der Waals surface area contributed by atoms with E-state index in [1.54, 1.807) is 6.92 Å². The van der Waals surface area contributed by atoms with Crippen molar-refractivity contribution in [3.63, 3.8) is 0 Å². The number of H-pyrrole nitrogens is 2. The standard InChI is InChI=1S/C18H19N3O4S/c1-11-3-5-13(6-4-11)7-8-19-26(24,25)16-10-15-14(9-12(16)2)20-17(22)18(23)21-15/h3-6,9-10,19H,7-8H2,1-2H3,(H,20,22)(H,21,23). The fraction of sp³-hybridized carbons (Fsp3) is 0.222. The fourth-order valence-electron chi connectivity index (χ4n) is 2.70. The fourth-order valence-corrected chi connectivity index (χ4v) is 3.99. The number of nitrogens with one attached hydrogen (secondary N) is 3. The first-order valence-electron chi connectivity index (χ1n) is 8.08. The molecular weight excluding hydrogens is 354 g/mol. The highest BCUT2D eigenvalue weighted by Gasteiger charge is 2.18. The summed E-state index contributed by atoms with van der Waals surface area (Å²) in [5.41, 5.74) is 1.71. The van der Waals surface area contributed by atoms with Gasteiger partial charge >= 0.3 is 11.1 Å². The zero-order valence-electron chi connectivity index (χ0n) is 14.4. The lowest BCUT2D eigenvalue weighted by Gasteiger charge is -2.11. The maximum Gasteiger partial charge on any atom is 0.314 e. The molecule has 0 bridgehead atoms. The molecule has 26 heavy (non-hydrogen) atoms. The van der Waals surface area contributed by atoms with Crippen molar-refractivity contribution in [3.8, 4) is 0 Å². The second-order valence-electron chi connectivity index (χ2n) is 6.20. The average molecular weight is 373 g/mol. The first kappa shape index (κ1) is 18.1. The Bertz CT molecular complexity index is 1180. The van der Waals surface area contributed by atoms with E-state index in [0.29, 0.717) is 17.5 Å². The molecule has 8 heteroatoms. The van der Waals surface area contributed by atoms with E-state index in [1.165, 1.54) is 12.1 Å². The molecule has 0 aliphatic heterocycles. The van der Waals surface area contributed by atoms with E-state index in [9.17, 15) is 18.0 Å². The van der Waals surface area contributed by atoms with Gasteiger partial charge in [0.05, 0.1) is 15.9 Å². The van der Waals surface area contributed by atoms with Gasteiger partial charge in [0.2, 0.25) is 10.0 Å². The number of sulfonamides is 1. The van der Waals surface area contributed by atoms with Crippen LogP contribution in [0.15, 0.2) is 50.9 Å². The Morgan fingerprint density at radius 1 is 0.923 bits per heavy atom. The van der Waals surface area contributed by atoms with Crippen molar-refractivity contribution in [2.75, 3.05) is 6.54 Å². The monoisotopic (exact) mass is 373 g/mol. The van der Waals surface area contributed by atoms with Crippen molar-refractivity contribution >= 4 is 21.1 Å². The third-order valence-corrected chi connectivity index (χ3v) is 5.74. The van der Waals surface area contributed by atoms with Crippen LogP contribution in [-0.2, 0) is 16.4 Å². The largest absolute Gasteiger partial charge is 0.316 e. The van der Waals surface area contributed by atoms with Crippen LogP contribution in [0, 0.1) is 13.8 Å². The van der Waals surface area contributed by atoms with Crippen LogP contribution in [0.2, 0.25) is 0 Å². The van der Waals surface area contributed by atoms with Gasteiger partial charge in [0.1, 0.15) is 0 Å². The molecule has 3 aromatic rings. The molecule has 0 spiro atoms. The lowest BCUT2D eigenvalue weighted by molar-refractivity contribution is 0.581. The molecule has 0 aliphatic rings. The zero-order valence-corrected chi connectivity index (χ0v) is 15.2. The van der Waals surface area contributed by atoms with E-state index in [4.69, 9.17) is 0 Å². The number of aromatic nitrogens is 2. The number of hydrogen-bond donors (Lipinski definition) is 3. The van der Waals surface area contributed by atoms with Gasteiger partial charge in [0.15, 0.2) is 0 Å². The summed E-state index contributed by atoms with van der Waals surface area (Å²) in [4.78, 5) is 27.8. The predicted molar refractivity (Wildman–Crippen MR) is 100.0 cm³/mol. The number of benzene rings is 2. The van der Waals surface area contributed by atoms with E-state index >= 15 is 0 Å². The molecule has 0 saturated heterocycles. The highest BCUT2D eigenvalue weighted by molar-refractivity contribution is 7.89. The first-order valence-corrected chi connectivity index (χ1v) is 9.57. The summed E-state index contributed by atoms with van der Waals surface area (Å²) in [7, 11) is -3.75. The zero-order chi connectivity index (χ0) is 18.9. The molecule has 1 aromatic heterocycles. The minimum atomic E-state index is -3.75. The summed E-state index contributed by atoms with van der Waals surface area (Å²) >= 11 is 0. The van der Waals surface area contributed by atoms with Crippen molar-refractivity contribution < 1.29 is 8.42 Å². The van der Waals surface area contributed by atoms with Crippen LogP contribution in [-0.4, -0.2) is 24.9 Å². The Labute approximate surface area is 150 Å². The quantitative estimate of drug-likeness (QED) is 0.586. The number of aromatic amines is 2. The number of rotatable bonds is 5. The second kappa shape index (κ2) is 6.89. The van der Waals surface area contributed by atoms with Gasteiger partial charge in [-0.05, 0) is 43.5 Å². The SMILES string of the molecule is Cc1ccc(CCNS(=O)(=O)c2cc3[nH]c(=O)c(=O)[nH]c3cc2C)cc1. The molecule has 0 atom stereocenters. The van der Waals surface area contributed by atoms with Gasteiger partial charge in [-0.25, -0.2) is 13.1 Å². The van der Waals surface area contributed by atoms with E-state index in [0.717, 1.165) is 11.1 Å². The van der Waals surface area contributed by atoms with E-state index < -0.39 is 21.1 Å². The van der Waals surface area contributed by atoms with Gasteiger partial charge in [0.25, 0.3) is 0 Å². The van der Waals surface area contributed by atoms with Crippen LogP contribution in [0.25, 0.3) is 11.0 Å². The Hall–Kier alpha value is -2.71. The molecule has 0 unspecified atom stereocenters. The van der Waals surface area contributed by atoms with Crippen LogP contribution in [0.3, 0.4) is 0 Å². The van der Waals surface area contributed by atoms with Gasteiger partial charge in [-0.2, -0.15) is 0 Å². The van der Waals surface area contributed by atoms with E-state index in [2.05, 4.69) is 14.7 Å². The third-order valence-electron chi connectivity index (χ3n) is 4.13. The van der Waals surface area contributed by atoms with Crippen LogP contribution in [0.5, 0.6) is 0 Å². The Balaban J connectivity index is 1.85. The highest BCUT2D eigenvalue weighted by atomic mass is 32.2. The van der Waals surface area contributed by atoms with Gasteiger partial charge < -0.3 is 9.97 Å². The summed E-state index contributed by atoms with van der Waals surface area (Å²) in [5, 5.41) is 0. The smallest absolute Gasteiger partial charge is 0.314 e. The summed E-state index contributed by atoms with van der Waals surface area (Å²) in [6.07, 6.45) is 0.566. The second-order valence-corrected chi connectivity index (χ2v) is 7.94. The van der Waals surface area contributed by atoms with Crippen molar-refractivity contribution in [2.24, 2.45) is 0 Å². The van der Waals surface area contributed by atoms with Crippen LogP contribution >= 0.6 is 0 Å². The van der Waals surface area contributed by atoms with Crippen molar-refractivity contribution in [2.45, 2.75) is 25.2 Å². The van der Waals surface area contributed by atoms with Gasteiger partial charge in [-0.15, -0.1) is 0 Å². The molecule has 0 saturated carbocycles. The van der Waals surface area contributed by atoms with Gasteiger partial charge in [-0.1, -0.05) is 29.8 Å². The molecule has 0 amide bonds. The number of hydrogen-bond acceptors (Lipinski definition) is 4.